The molecule has 2 N–H and O–H groups in total. The Morgan fingerprint density at radius 1 is 1.10 bits per heavy atom. The van der Waals surface area contributed by atoms with Gasteiger partial charge >= 0.3 is 5.97 Å². The topological polar surface area (TPSA) is 105 Å². The molecule has 0 aromatic heterocycles. The second-order valence-electron chi connectivity index (χ2n) is 7.31. The third-order valence-corrected chi connectivity index (χ3v) is 5.34. The summed E-state index contributed by atoms with van der Waals surface area (Å²) < 4.78 is 10.7. The van der Waals surface area contributed by atoms with Crippen LogP contribution in [-0.2, 0) is 16.0 Å². The Hall–Kier alpha value is -3.55. The van der Waals surface area contributed by atoms with Gasteiger partial charge in [0.05, 0.1) is 0 Å². The molecule has 156 valence electrons. The molecule has 0 saturated carbocycles. The fraction of sp³-hybridized carbons (Fsp3) is 0.318. The zero-order valence-electron chi connectivity index (χ0n) is 16.2. The number of rotatable bonds is 6. The van der Waals surface area contributed by atoms with Crippen LogP contribution in [0.2, 0.25) is 0 Å². The number of ether oxygens (including phenoxy) is 2. The first-order chi connectivity index (χ1) is 14.5. The van der Waals surface area contributed by atoms with Crippen LogP contribution in [0.1, 0.15) is 28.8 Å². The largest absolute Gasteiger partial charge is 0.480 e. The van der Waals surface area contributed by atoms with Crippen LogP contribution in [0, 0.1) is 0 Å². The van der Waals surface area contributed by atoms with Crippen LogP contribution < -0.4 is 14.8 Å². The Morgan fingerprint density at radius 2 is 1.87 bits per heavy atom. The van der Waals surface area contributed by atoms with Gasteiger partial charge in [0.15, 0.2) is 11.5 Å². The highest BCUT2D eigenvalue weighted by Crippen LogP contribution is 2.33. The van der Waals surface area contributed by atoms with Crippen LogP contribution >= 0.6 is 0 Å². The molecule has 2 atom stereocenters. The number of carbonyl (C=O) groups is 3. The monoisotopic (exact) mass is 410 g/mol. The fourth-order valence-corrected chi connectivity index (χ4v) is 3.82. The van der Waals surface area contributed by atoms with E-state index in [1.807, 2.05) is 0 Å². The van der Waals surface area contributed by atoms with E-state index < -0.39 is 24.0 Å². The van der Waals surface area contributed by atoms with Gasteiger partial charge in [-0.25, -0.2) is 4.79 Å². The van der Waals surface area contributed by atoms with E-state index in [0.29, 0.717) is 36.4 Å². The van der Waals surface area contributed by atoms with Crippen molar-refractivity contribution in [3.8, 4) is 11.5 Å². The third-order valence-electron chi connectivity index (χ3n) is 5.34. The number of fused-ring (bicyclic) bond motifs is 1. The molecular weight excluding hydrogens is 388 g/mol. The summed E-state index contributed by atoms with van der Waals surface area (Å²) in [5, 5.41) is 12.2. The number of nitrogens with zero attached hydrogens (tertiary/aromatic N) is 1. The first kappa shape index (κ1) is 19.8. The molecular formula is C22H22N2O6. The number of benzene rings is 2. The molecule has 30 heavy (non-hydrogen) atoms. The number of carboxylic acids is 1. The van der Waals surface area contributed by atoms with Crippen molar-refractivity contribution in [2.75, 3.05) is 13.3 Å². The Bertz CT molecular complexity index is 961. The quantitative estimate of drug-likeness (QED) is 0.753. The van der Waals surface area contributed by atoms with Gasteiger partial charge < -0.3 is 24.8 Å². The summed E-state index contributed by atoms with van der Waals surface area (Å²) in [4.78, 5) is 38.9. The van der Waals surface area contributed by atoms with Gasteiger partial charge in [0, 0.05) is 18.5 Å². The van der Waals surface area contributed by atoms with Gasteiger partial charge in [0.2, 0.25) is 12.7 Å². The lowest BCUT2D eigenvalue weighted by atomic mass is 10.0. The van der Waals surface area contributed by atoms with Gasteiger partial charge in [-0.3, -0.25) is 9.59 Å². The number of amides is 2. The van der Waals surface area contributed by atoms with Crippen LogP contribution in [0.5, 0.6) is 11.5 Å². The predicted molar refractivity (Wildman–Crippen MR) is 106 cm³/mol. The summed E-state index contributed by atoms with van der Waals surface area (Å²) in [6, 6.07) is 12.2. The number of hydrogen-bond acceptors (Lipinski definition) is 5. The van der Waals surface area contributed by atoms with E-state index in [1.165, 1.54) is 4.90 Å². The lowest BCUT2D eigenvalue weighted by Gasteiger charge is -2.27. The smallest absolute Gasteiger partial charge is 0.326 e. The second-order valence-corrected chi connectivity index (χ2v) is 7.31. The number of carbonyl (C=O) groups excluding carboxylic acids is 2. The van der Waals surface area contributed by atoms with E-state index in [4.69, 9.17) is 9.47 Å². The van der Waals surface area contributed by atoms with Crippen molar-refractivity contribution in [2.45, 2.75) is 31.3 Å². The SMILES string of the molecule is O=C(N[C@H](Cc1ccc2c(c1)OCO2)C(=O)N1CCC[C@@H]1C(=O)O)c1ccccc1. The maximum absolute atomic E-state index is 13.3. The highest BCUT2D eigenvalue weighted by molar-refractivity contribution is 5.98. The predicted octanol–water partition coefficient (Wildman–Crippen LogP) is 1.83. The standard InChI is InChI=1S/C22H22N2O6/c25-20(15-5-2-1-3-6-15)23-16(21(26)24-10-4-7-17(24)22(27)28)11-14-8-9-18-19(12-14)30-13-29-18/h1-3,5-6,8-9,12,16-17H,4,7,10-11,13H2,(H,23,25)(H,27,28)/t16-,17-/m1/s1. The first-order valence-electron chi connectivity index (χ1n) is 9.80. The van der Waals surface area contributed by atoms with Gasteiger partial charge in [-0.15, -0.1) is 0 Å². The number of aliphatic carboxylic acids is 1. The Morgan fingerprint density at radius 3 is 2.63 bits per heavy atom. The van der Waals surface area contributed by atoms with Crippen molar-refractivity contribution >= 4 is 17.8 Å². The number of carboxylic acid groups (broad SMARTS) is 1. The van der Waals surface area contributed by atoms with E-state index in [-0.39, 0.29) is 19.1 Å². The van der Waals surface area contributed by atoms with E-state index in [0.717, 1.165) is 5.56 Å². The van der Waals surface area contributed by atoms with E-state index in [9.17, 15) is 19.5 Å². The molecule has 0 aliphatic carbocycles. The molecule has 2 amide bonds. The van der Waals surface area contributed by atoms with E-state index in [2.05, 4.69) is 5.32 Å². The summed E-state index contributed by atoms with van der Waals surface area (Å²) >= 11 is 0. The van der Waals surface area contributed by atoms with Crippen LogP contribution in [-0.4, -0.2) is 53.2 Å². The summed E-state index contributed by atoms with van der Waals surface area (Å²) in [7, 11) is 0. The van der Waals surface area contributed by atoms with Crippen LogP contribution in [0.25, 0.3) is 0 Å². The Labute approximate surface area is 173 Å². The minimum atomic E-state index is -1.03. The van der Waals surface area contributed by atoms with Crippen molar-refractivity contribution in [3.05, 3.63) is 59.7 Å². The van der Waals surface area contributed by atoms with E-state index >= 15 is 0 Å². The number of hydrogen-bond donors (Lipinski definition) is 2. The molecule has 2 aromatic rings. The molecule has 8 heteroatoms. The zero-order chi connectivity index (χ0) is 21.1. The molecule has 2 heterocycles. The highest BCUT2D eigenvalue weighted by Gasteiger charge is 2.37. The van der Waals surface area contributed by atoms with Crippen molar-refractivity contribution in [3.63, 3.8) is 0 Å². The lowest BCUT2D eigenvalue weighted by molar-refractivity contribution is -0.148. The van der Waals surface area contributed by atoms with Gasteiger partial charge in [-0.2, -0.15) is 0 Å². The molecule has 8 nitrogen and oxygen atoms in total. The van der Waals surface area contributed by atoms with Gasteiger partial charge in [0.25, 0.3) is 5.91 Å². The fourth-order valence-electron chi connectivity index (χ4n) is 3.82. The molecule has 1 fully saturated rings. The normalized spacial score (nSPS) is 18.1. The molecule has 2 aliphatic rings. The summed E-state index contributed by atoms with van der Waals surface area (Å²) in [6.45, 7) is 0.495. The van der Waals surface area contributed by atoms with Crippen molar-refractivity contribution < 1.29 is 29.0 Å². The second kappa shape index (κ2) is 8.44. The van der Waals surface area contributed by atoms with Crippen molar-refractivity contribution in [1.82, 2.24) is 10.2 Å². The molecule has 1 saturated heterocycles. The van der Waals surface area contributed by atoms with Gasteiger partial charge in [0.1, 0.15) is 12.1 Å². The Balaban J connectivity index is 1.58. The number of likely N-dealkylation sites (tertiary alicyclic amines) is 1. The molecule has 4 rings (SSSR count). The Kier molecular flexibility index (Phi) is 5.56. The van der Waals surface area contributed by atoms with Crippen LogP contribution in [0.15, 0.2) is 48.5 Å². The average molecular weight is 410 g/mol. The minimum Gasteiger partial charge on any atom is -0.480 e. The minimum absolute atomic E-state index is 0.139. The van der Waals surface area contributed by atoms with Gasteiger partial charge in [-0.1, -0.05) is 24.3 Å². The third kappa shape index (κ3) is 4.07. The van der Waals surface area contributed by atoms with Crippen molar-refractivity contribution in [1.29, 1.82) is 0 Å². The average Bonchev–Trinajstić information content (AvgIpc) is 3.42. The van der Waals surface area contributed by atoms with Gasteiger partial charge in [-0.05, 0) is 42.7 Å². The lowest BCUT2D eigenvalue weighted by Crippen LogP contribution is -2.52. The summed E-state index contributed by atoms with van der Waals surface area (Å²) in [5.41, 5.74) is 1.20. The number of nitrogens with one attached hydrogen (secondary N) is 1. The van der Waals surface area contributed by atoms with Crippen LogP contribution in [0.3, 0.4) is 0 Å². The molecule has 2 aromatic carbocycles. The molecule has 0 spiro atoms. The van der Waals surface area contributed by atoms with Crippen molar-refractivity contribution in [2.24, 2.45) is 0 Å². The van der Waals surface area contributed by atoms with Crippen LogP contribution in [0.4, 0.5) is 0 Å². The maximum atomic E-state index is 13.3. The van der Waals surface area contributed by atoms with E-state index in [1.54, 1.807) is 48.5 Å². The summed E-state index contributed by atoms with van der Waals surface area (Å²) in [5.74, 6) is -0.613. The molecule has 0 bridgehead atoms. The first-order valence-corrected chi connectivity index (χ1v) is 9.80. The molecule has 0 radical (unpaired) electrons. The highest BCUT2D eigenvalue weighted by atomic mass is 16.7. The zero-order valence-corrected chi connectivity index (χ0v) is 16.2. The summed E-state index contributed by atoms with van der Waals surface area (Å²) in [6.07, 6.45) is 1.23. The molecule has 2 aliphatic heterocycles. The maximum Gasteiger partial charge on any atom is 0.326 e. The molecule has 0 unspecified atom stereocenters.